The van der Waals surface area contributed by atoms with Crippen molar-refractivity contribution < 1.29 is 9.53 Å². The first-order valence-electron chi connectivity index (χ1n) is 5.84. The Labute approximate surface area is 97.3 Å². The molecule has 0 aromatic carbocycles. The molecule has 1 fully saturated rings. The zero-order valence-corrected chi connectivity index (χ0v) is 10.5. The monoisotopic (exact) mass is 229 g/mol. The van der Waals surface area contributed by atoms with Crippen molar-refractivity contribution in [2.45, 2.75) is 26.9 Å². The SMILES string of the molecule is CCN(CC1CNC(=O)O1)CC(C)(C)CN. The summed E-state index contributed by atoms with van der Waals surface area (Å²) in [4.78, 5) is 13.2. The molecule has 1 saturated heterocycles. The first-order valence-corrected chi connectivity index (χ1v) is 5.84. The predicted molar refractivity (Wildman–Crippen MR) is 63.2 cm³/mol. The summed E-state index contributed by atoms with van der Waals surface area (Å²) >= 11 is 0. The maximum Gasteiger partial charge on any atom is 0.407 e. The second-order valence-corrected chi connectivity index (χ2v) is 5.10. The molecule has 1 unspecified atom stereocenters. The van der Waals surface area contributed by atoms with E-state index in [4.69, 9.17) is 10.5 Å². The smallest absolute Gasteiger partial charge is 0.407 e. The van der Waals surface area contributed by atoms with Gasteiger partial charge in [0, 0.05) is 13.1 Å². The minimum absolute atomic E-state index is 0.0268. The number of likely N-dealkylation sites (N-methyl/N-ethyl adjacent to an activating group) is 1. The zero-order valence-electron chi connectivity index (χ0n) is 10.5. The number of nitrogens with two attached hydrogens (primary N) is 1. The first-order chi connectivity index (χ1) is 7.46. The van der Waals surface area contributed by atoms with E-state index in [1.54, 1.807) is 0 Å². The summed E-state index contributed by atoms with van der Waals surface area (Å²) in [6.07, 6.45) is -0.333. The number of cyclic esters (lactones) is 1. The van der Waals surface area contributed by atoms with Crippen LogP contribution in [-0.4, -0.2) is 49.8 Å². The second-order valence-electron chi connectivity index (χ2n) is 5.10. The van der Waals surface area contributed by atoms with Gasteiger partial charge in [0.2, 0.25) is 0 Å². The van der Waals surface area contributed by atoms with Gasteiger partial charge in [-0.15, -0.1) is 0 Å². The van der Waals surface area contributed by atoms with Crippen molar-refractivity contribution in [1.82, 2.24) is 10.2 Å². The largest absolute Gasteiger partial charge is 0.443 e. The Hall–Kier alpha value is -0.810. The van der Waals surface area contributed by atoms with E-state index in [0.29, 0.717) is 13.1 Å². The van der Waals surface area contributed by atoms with Gasteiger partial charge in [-0.2, -0.15) is 0 Å². The molecule has 5 nitrogen and oxygen atoms in total. The summed E-state index contributed by atoms with van der Waals surface area (Å²) in [6, 6.07) is 0. The summed E-state index contributed by atoms with van der Waals surface area (Å²) < 4.78 is 5.12. The number of carbonyl (C=O) groups excluding carboxylic acids is 1. The number of nitrogens with one attached hydrogen (secondary N) is 1. The lowest BCUT2D eigenvalue weighted by Gasteiger charge is -2.31. The van der Waals surface area contributed by atoms with Gasteiger partial charge in [0.1, 0.15) is 6.10 Å². The van der Waals surface area contributed by atoms with Crippen LogP contribution >= 0.6 is 0 Å². The molecule has 94 valence electrons. The molecule has 16 heavy (non-hydrogen) atoms. The number of hydrogen-bond donors (Lipinski definition) is 2. The molecular weight excluding hydrogens is 206 g/mol. The molecule has 1 aliphatic heterocycles. The van der Waals surface area contributed by atoms with Gasteiger partial charge in [-0.25, -0.2) is 4.79 Å². The summed E-state index contributed by atoms with van der Waals surface area (Å²) in [5.74, 6) is 0. The number of hydrogen-bond acceptors (Lipinski definition) is 4. The molecule has 5 heteroatoms. The summed E-state index contributed by atoms with van der Waals surface area (Å²) in [7, 11) is 0. The zero-order chi connectivity index (χ0) is 12.2. The fraction of sp³-hybridized carbons (Fsp3) is 0.909. The van der Waals surface area contributed by atoms with E-state index in [-0.39, 0.29) is 17.6 Å². The van der Waals surface area contributed by atoms with Gasteiger partial charge in [0.25, 0.3) is 0 Å². The minimum Gasteiger partial charge on any atom is -0.443 e. The molecule has 0 aromatic rings. The highest BCUT2D eigenvalue weighted by molar-refractivity contribution is 5.69. The highest BCUT2D eigenvalue weighted by Gasteiger charge is 2.26. The first kappa shape index (κ1) is 13.3. The molecule has 0 radical (unpaired) electrons. The molecule has 1 aliphatic rings. The Morgan fingerprint density at radius 3 is 2.75 bits per heavy atom. The fourth-order valence-corrected chi connectivity index (χ4v) is 1.80. The lowest BCUT2D eigenvalue weighted by molar-refractivity contribution is 0.0944. The maximum absolute atomic E-state index is 10.9. The Morgan fingerprint density at radius 1 is 1.62 bits per heavy atom. The highest BCUT2D eigenvalue weighted by Crippen LogP contribution is 2.15. The fourth-order valence-electron chi connectivity index (χ4n) is 1.80. The average Bonchev–Trinajstić information content (AvgIpc) is 2.63. The molecular formula is C11H23N3O2. The third kappa shape index (κ3) is 3.98. The number of nitrogens with zero attached hydrogens (tertiary/aromatic N) is 1. The van der Waals surface area contributed by atoms with Gasteiger partial charge in [-0.05, 0) is 18.5 Å². The van der Waals surface area contributed by atoms with E-state index in [1.807, 2.05) is 0 Å². The standard InChI is InChI=1S/C11H23N3O2/c1-4-14(8-11(2,3)7-12)6-9-5-13-10(15)16-9/h9H,4-8,12H2,1-3H3,(H,13,15). The van der Waals surface area contributed by atoms with Gasteiger partial charge in [-0.1, -0.05) is 20.8 Å². The van der Waals surface area contributed by atoms with Crippen LogP contribution in [0.3, 0.4) is 0 Å². The Kier molecular flexibility index (Phi) is 4.56. The van der Waals surface area contributed by atoms with Crippen LogP contribution in [0.25, 0.3) is 0 Å². The minimum atomic E-state index is -0.306. The lowest BCUT2D eigenvalue weighted by Crippen LogP contribution is -2.42. The van der Waals surface area contributed by atoms with Gasteiger partial charge >= 0.3 is 6.09 Å². The number of rotatable bonds is 6. The van der Waals surface area contributed by atoms with Gasteiger partial charge < -0.3 is 15.8 Å². The molecule has 3 N–H and O–H groups in total. The van der Waals surface area contributed by atoms with Crippen LogP contribution in [0.4, 0.5) is 4.79 Å². The normalized spacial score (nSPS) is 21.1. The van der Waals surface area contributed by atoms with Gasteiger partial charge in [0.05, 0.1) is 6.54 Å². The number of amides is 1. The van der Waals surface area contributed by atoms with Crippen molar-refractivity contribution in [1.29, 1.82) is 0 Å². The number of ether oxygens (including phenoxy) is 1. The van der Waals surface area contributed by atoms with Crippen molar-refractivity contribution in [3.05, 3.63) is 0 Å². The van der Waals surface area contributed by atoms with Gasteiger partial charge in [0.15, 0.2) is 0 Å². The average molecular weight is 229 g/mol. The van der Waals surface area contributed by atoms with Crippen LogP contribution in [0.5, 0.6) is 0 Å². The van der Waals surface area contributed by atoms with E-state index in [2.05, 4.69) is 31.0 Å². The number of alkyl carbamates (subject to hydrolysis) is 1. The lowest BCUT2D eigenvalue weighted by atomic mass is 9.93. The Morgan fingerprint density at radius 2 is 2.31 bits per heavy atom. The van der Waals surface area contributed by atoms with E-state index in [0.717, 1.165) is 19.6 Å². The van der Waals surface area contributed by atoms with E-state index < -0.39 is 0 Å². The Bertz CT molecular complexity index is 243. The molecule has 0 aliphatic carbocycles. The predicted octanol–water partition coefficient (Wildman–Crippen LogP) is 0.402. The van der Waals surface area contributed by atoms with Crippen LogP contribution in [-0.2, 0) is 4.74 Å². The molecule has 1 rings (SSSR count). The van der Waals surface area contributed by atoms with Gasteiger partial charge in [-0.3, -0.25) is 4.90 Å². The van der Waals surface area contributed by atoms with Crippen molar-refractivity contribution >= 4 is 6.09 Å². The summed E-state index contributed by atoms with van der Waals surface area (Å²) in [6.45, 7) is 10.3. The third-order valence-corrected chi connectivity index (χ3v) is 2.86. The summed E-state index contributed by atoms with van der Waals surface area (Å²) in [5, 5.41) is 2.66. The van der Waals surface area contributed by atoms with Crippen LogP contribution < -0.4 is 11.1 Å². The van der Waals surface area contributed by atoms with E-state index in [1.165, 1.54) is 0 Å². The van der Waals surface area contributed by atoms with E-state index >= 15 is 0 Å². The Balaban J connectivity index is 2.40. The van der Waals surface area contributed by atoms with Crippen molar-refractivity contribution in [3.63, 3.8) is 0 Å². The van der Waals surface area contributed by atoms with Crippen molar-refractivity contribution in [2.24, 2.45) is 11.1 Å². The number of carbonyl (C=O) groups is 1. The van der Waals surface area contributed by atoms with Crippen molar-refractivity contribution in [2.75, 3.05) is 32.7 Å². The van der Waals surface area contributed by atoms with Crippen LogP contribution in [0, 0.1) is 5.41 Å². The summed E-state index contributed by atoms with van der Waals surface area (Å²) in [5.41, 5.74) is 5.82. The molecule has 0 spiro atoms. The third-order valence-electron chi connectivity index (χ3n) is 2.86. The second kappa shape index (κ2) is 5.50. The maximum atomic E-state index is 10.9. The highest BCUT2D eigenvalue weighted by atomic mass is 16.6. The molecule has 0 saturated carbocycles. The molecule has 1 amide bonds. The molecule has 1 heterocycles. The molecule has 0 aromatic heterocycles. The molecule has 1 atom stereocenters. The van der Waals surface area contributed by atoms with Crippen LogP contribution in [0.2, 0.25) is 0 Å². The van der Waals surface area contributed by atoms with Crippen LogP contribution in [0.1, 0.15) is 20.8 Å². The van der Waals surface area contributed by atoms with Crippen molar-refractivity contribution in [3.8, 4) is 0 Å². The topological polar surface area (TPSA) is 67.6 Å². The van der Waals surface area contributed by atoms with Crippen LogP contribution in [0.15, 0.2) is 0 Å². The van der Waals surface area contributed by atoms with E-state index in [9.17, 15) is 4.79 Å². The molecule has 0 bridgehead atoms. The quantitative estimate of drug-likeness (QED) is 0.692.